The third kappa shape index (κ3) is 0.834. The maximum absolute atomic E-state index is 2.68. The van der Waals surface area contributed by atoms with E-state index < -0.39 is 0 Å². The van der Waals surface area contributed by atoms with E-state index in [0.29, 0.717) is 0 Å². The lowest BCUT2D eigenvalue weighted by atomic mass is 10.7. The van der Waals surface area contributed by atoms with Crippen LogP contribution < -0.4 is 5.04 Å². The molecule has 1 aromatic heterocycles. The van der Waals surface area contributed by atoms with Crippen LogP contribution in [0.15, 0.2) is 17.9 Å². The summed E-state index contributed by atoms with van der Waals surface area (Å²) in [4.78, 5) is 0. The van der Waals surface area contributed by atoms with E-state index in [1.807, 2.05) is 0 Å². The number of hydrogen-bond acceptors (Lipinski definition) is 0. The van der Waals surface area contributed by atoms with Gasteiger partial charge in [-0.2, -0.15) is 0 Å². The van der Waals surface area contributed by atoms with Crippen LogP contribution in [0.4, 0.5) is 0 Å². The Balaban J connectivity index is 3.05. The maximum atomic E-state index is 2.68. The van der Waals surface area contributed by atoms with E-state index in [1.165, 1.54) is 5.04 Å². The van der Waals surface area contributed by atoms with Crippen LogP contribution in [0.25, 0.3) is 0 Å². The van der Waals surface area contributed by atoms with Gasteiger partial charge in [0.15, 0.2) is 0 Å². The molecule has 0 aliphatic carbocycles. The van der Waals surface area contributed by atoms with Crippen molar-refractivity contribution >= 4 is 22.5 Å². The highest BCUT2D eigenvalue weighted by Crippen LogP contribution is 2.03. The van der Waals surface area contributed by atoms with Gasteiger partial charge in [0.25, 0.3) is 0 Å². The van der Waals surface area contributed by atoms with Crippen molar-refractivity contribution in [3.05, 3.63) is 17.9 Å². The summed E-state index contributed by atoms with van der Waals surface area (Å²) in [5, 5.41) is 1.41. The van der Waals surface area contributed by atoms with Gasteiger partial charge in [0, 0.05) is 0 Å². The highest BCUT2D eigenvalue weighted by atomic mass is 31.1. The van der Waals surface area contributed by atoms with E-state index >= 15 is 0 Å². The Hall–Kier alpha value is 0.210. The normalized spacial score (nSPS) is 10.2. The van der Waals surface area contributed by atoms with Gasteiger partial charge in [-0.1, -0.05) is 12.1 Å². The summed E-state index contributed by atoms with van der Waals surface area (Å²) in [6.45, 7) is 0. The third-order valence-electron chi connectivity index (χ3n) is 0.622. The molecule has 2 atom stereocenters. The van der Waals surface area contributed by atoms with Crippen LogP contribution in [-0.2, 0) is 0 Å². The lowest BCUT2D eigenvalue weighted by molar-refractivity contribution is 2.08. The molecule has 0 aromatic carbocycles. The first-order chi connectivity index (χ1) is 2.89. The summed E-state index contributed by atoms with van der Waals surface area (Å²) in [7, 11) is 3.61. The van der Waals surface area contributed by atoms with E-state index in [0.717, 1.165) is 8.19 Å². The molecular formula is C4H6P2. The van der Waals surface area contributed by atoms with Crippen LogP contribution in [0.2, 0.25) is 0 Å². The lowest BCUT2D eigenvalue weighted by Crippen LogP contribution is -1.66. The fourth-order valence-electron chi connectivity index (χ4n) is 0.344. The molecule has 0 N–H and O–H groups in total. The molecule has 0 amide bonds. The predicted molar refractivity (Wildman–Crippen MR) is 35.3 cm³/mol. The minimum absolute atomic E-state index is 0.926. The minimum Gasteiger partial charge on any atom is -0.132 e. The summed E-state index contributed by atoms with van der Waals surface area (Å²) in [5.74, 6) is 2.17. The molecule has 0 fully saturated rings. The van der Waals surface area contributed by atoms with Crippen LogP contribution >= 0.6 is 17.4 Å². The van der Waals surface area contributed by atoms with E-state index in [4.69, 9.17) is 0 Å². The van der Waals surface area contributed by atoms with E-state index in [2.05, 4.69) is 27.2 Å². The molecule has 0 bridgehead atoms. The Bertz CT molecular complexity index is 109. The quantitative estimate of drug-likeness (QED) is 0.447. The fourth-order valence-corrected chi connectivity index (χ4v) is 1.32. The monoisotopic (exact) mass is 116 g/mol. The summed E-state index contributed by atoms with van der Waals surface area (Å²) in [6, 6.07) is 4.20. The first-order valence-corrected chi connectivity index (χ1v) is 3.44. The molecule has 0 radical (unpaired) electrons. The van der Waals surface area contributed by atoms with Crippen LogP contribution in [0.1, 0.15) is 0 Å². The molecule has 32 valence electrons. The number of hydrogen-bond donors (Lipinski definition) is 0. The van der Waals surface area contributed by atoms with Crippen molar-refractivity contribution in [1.29, 1.82) is 0 Å². The second kappa shape index (κ2) is 1.78. The van der Waals surface area contributed by atoms with Crippen LogP contribution in [0.5, 0.6) is 0 Å². The van der Waals surface area contributed by atoms with Gasteiger partial charge in [0.1, 0.15) is 0 Å². The highest BCUT2D eigenvalue weighted by molar-refractivity contribution is 7.51. The highest BCUT2D eigenvalue weighted by Gasteiger charge is 1.73. The number of rotatable bonds is 0. The zero-order valence-electron chi connectivity index (χ0n) is 3.31. The summed E-state index contributed by atoms with van der Waals surface area (Å²) in [5.41, 5.74) is 0. The zero-order chi connectivity index (χ0) is 4.41. The summed E-state index contributed by atoms with van der Waals surface area (Å²) in [6.07, 6.45) is 0. The molecule has 0 spiro atoms. The lowest BCUT2D eigenvalue weighted by Gasteiger charge is -1.67. The van der Waals surface area contributed by atoms with E-state index in [9.17, 15) is 0 Å². The molecule has 2 heteroatoms. The summed E-state index contributed by atoms with van der Waals surface area (Å²) < 4.78 is 0. The molecule has 1 heterocycles. The Morgan fingerprint density at radius 1 is 1.67 bits per heavy atom. The SMILES string of the molecule is Pc1ccc[pH]1. The molecular weight excluding hydrogens is 110 g/mol. The maximum Gasteiger partial charge on any atom is -0.0140 e. The fraction of sp³-hybridized carbons (Fsp3) is 0. The Morgan fingerprint density at radius 2 is 2.50 bits per heavy atom. The smallest absolute Gasteiger partial charge is 0.0140 e. The molecule has 0 nitrogen and oxygen atoms in total. The molecule has 6 heavy (non-hydrogen) atoms. The van der Waals surface area contributed by atoms with Gasteiger partial charge in [-0.3, -0.25) is 0 Å². The minimum atomic E-state index is 0.926. The topological polar surface area (TPSA) is 0 Å². The second-order valence-electron chi connectivity index (χ2n) is 1.13. The first-order valence-electron chi connectivity index (χ1n) is 1.78. The van der Waals surface area contributed by atoms with Crippen molar-refractivity contribution in [2.75, 3.05) is 0 Å². The van der Waals surface area contributed by atoms with Crippen LogP contribution in [-0.4, -0.2) is 0 Å². The molecule has 0 aliphatic rings. The van der Waals surface area contributed by atoms with Crippen LogP contribution in [0.3, 0.4) is 0 Å². The predicted octanol–water partition coefficient (Wildman–Crippen LogP) is 1.22. The van der Waals surface area contributed by atoms with Gasteiger partial charge in [0.05, 0.1) is 0 Å². The molecule has 1 rings (SSSR count). The van der Waals surface area contributed by atoms with Crippen molar-refractivity contribution in [3.63, 3.8) is 0 Å². The van der Waals surface area contributed by atoms with Gasteiger partial charge in [-0.05, 0) is 10.8 Å². The average molecular weight is 116 g/mol. The summed E-state index contributed by atoms with van der Waals surface area (Å²) >= 11 is 0. The largest absolute Gasteiger partial charge is 0.132 e. The van der Waals surface area contributed by atoms with Gasteiger partial charge >= 0.3 is 0 Å². The van der Waals surface area contributed by atoms with Crippen LogP contribution in [0, 0.1) is 0 Å². The van der Waals surface area contributed by atoms with Crippen molar-refractivity contribution in [2.45, 2.75) is 0 Å². The molecule has 2 unspecified atom stereocenters. The first kappa shape index (κ1) is 4.37. The van der Waals surface area contributed by atoms with Gasteiger partial charge < -0.3 is 0 Å². The average Bonchev–Trinajstić information content (AvgIpc) is 1.86. The van der Waals surface area contributed by atoms with E-state index in [-0.39, 0.29) is 0 Å². The van der Waals surface area contributed by atoms with Crippen molar-refractivity contribution in [3.8, 4) is 0 Å². The van der Waals surface area contributed by atoms with E-state index in [1.54, 1.807) is 0 Å². The Kier molecular flexibility index (Phi) is 1.29. The van der Waals surface area contributed by atoms with Gasteiger partial charge in [0.2, 0.25) is 0 Å². The molecule has 0 saturated carbocycles. The molecule has 0 aliphatic heterocycles. The van der Waals surface area contributed by atoms with Crippen molar-refractivity contribution in [1.82, 2.24) is 0 Å². The van der Waals surface area contributed by atoms with Gasteiger partial charge in [-0.25, -0.2) is 0 Å². The zero-order valence-corrected chi connectivity index (χ0v) is 5.46. The molecule has 0 saturated heterocycles. The van der Waals surface area contributed by atoms with Gasteiger partial charge in [-0.15, -0.1) is 17.4 Å². The standard InChI is InChI=1S/C4H6P2/c5-4-2-1-3-6-4/h1-3,6H,5H2. The third-order valence-corrected chi connectivity index (χ3v) is 2.17. The Labute approximate surface area is 41.2 Å². The Morgan fingerprint density at radius 3 is 2.67 bits per heavy atom. The van der Waals surface area contributed by atoms with Crippen molar-refractivity contribution in [2.24, 2.45) is 0 Å². The second-order valence-corrected chi connectivity index (χ2v) is 3.52. The van der Waals surface area contributed by atoms with Crippen molar-refractivity contribution < 1.29 is 0 Å². The molecule has 1 aromatic rings.